The Balaban J connectivity index is 0.00000144. The number of halogens is 3. The molecule has 0 aromatic heterocycles. The molecule has 3 nitrogen and oxygen atoms in total. The van der Waals surface area contributed by atoms with Gasteiger partial charge in [0, 0.05) is 23.6 Å². The van der Waals surface area contributed by atoms with Crippen LogP contribution in [0.25, 0.3) is 0 Å². The van der Waals surface area contributed by atoms with Gasteiger partial charge in [0.15, 0.2) is 0 Å². The summed E-state index contributed by atoms with van der Waals surface area (Å²) < 4.78 is 14.2. The smallest absolute Gasteiger partial charge is 0.256 e. The zero-order valence-electron chi connectivity index (χ0n) is 9.03. The van der Waals surface area contributed by atoms with Crippen molar-refractivity contribution in [2.75, 3.05) is 13.1 Å². The lowest BCUT2D eigenvalue weighted by molar-refractivity contribution is 0.0786. The van der Waals surface area contributed by atoms with Gasteiger partial charge < -0.3 is 10.6 Å². The molecule has 1 aliphatic rings. The summed E-state index contributed by atoms with van der Waals surface area (Å²) in [5, 5.41) is 0. The van der Waals surface area contributed by atoms with E-state index in [2.05, 4.69) is 15.9 Å². The first kappa shape index (κ1) is 14.4. The zero-order chi connectivity index (χ0) is 11.7. The van der Waals surface area contributed by atoms with Gasteiger partial charge in [-0.1, -0.05) is 15.9 Å². The number of hydrogen-bond donors (Lipinski definition) is 1. The van der Waals surface area contributed by atoms with Crippen LogP contribution in [-0.2, 0) is 0 Å². The van der Waals surface area contributed by atoms with Crippen molar-refractivity contribution in [2.24, 2.45) is 5.73 Å². The highest BCUT2D eigenvalue weighted by atomic mass is 79.9. The number of hydrogen-bond acceptors (Lipinski definition) is 2. The van der Waals surface area contributed by atoms with E-state index in [1.165, 1.54) is 12.1 Å². The van der Waals surface area contributed by atoms with E-state index < -0.39 is 5.82 Å². The van der Waals surface area contributed by atoms with Crippen molar-refractivity contribution in [3.05, 3.63) is 34.1 Å². The second-order valence-corrected chi connectivity index (χ2v) is 4.84. The van der Waals surface area contributed by atoms with Crippen LogP contribution in [0.2, 0.25) is 0 Å². The number of carbonyl (C=O) groups excluding carboxylic acids is 1. The molecule has 2 N–H and O–H groups in total. The fourth-order valence-corrected chi connectivity index (χ4v) is 2.16. The summed E-state index contributed by atoms with van der Waals surface area (Å²) in [6.07, 6.45) is 0.779. The predicted molar refractivity (Wildman–Crippen MR) is 69.8 cm³/mol. The van der Waals surface area contributed by atoms with Crippen molar-refractivity contribution in [1.82, 2.24) is 4.90 Å². The van der Waals surface area contributed by atoms with Crippen LogP contribution in [0, 0.1) is 5.82 Å². The third-order valence-corrected chi connectivity index (χ3v) is 3.16. The highest BCUT2D eigenvalue weighted by Crippen LogP contribution is 2.19. The molecule has 0 aliphatic carbocycles. The van der Waals surface area contributed by atoms with Crippen molar-refractivity contribution in [1.29, 1.82) is 0 Å². The Kier molecular flexibility index (Phi) is 4.91. The van der Waals surface area contributed by atoms with Crippen molar-refractivity contribution in [2.45, 2.75) is 12.5 Å². The number of nitrogens with two attached hydrogens (primary N) is 1. The van der Waals surface area contributed by atoms with Gasteiger partial charge in [-0.2, -0.15) is 0 Å². The molecule has 1 aliphatic heterocycles. The van der Waals surface area contributed by atoms with Gasteiger partial charge in [0.2, 0.25) is 0 Å². The number of rotatable bonds is 1. The van der Waals surface area contributed by atoms with E-state index in [0.717, 1.165) is 6.42 Å². The van der Waals surface area contributed by atoms with Gasteiger partial charge in [0.1, 0.15) is 5.82 Å². The lowest BCUT2D eigenvalue weighted by Gasteiger charge is -2.16. The van der Waals surface area contributed by atoms with E-state index in [0.29, 0.717) is 17.6 Å². The van der Waals surface area contributed by atoms with Crippen LogP contribution in [0.3, 0.4) is 0 Å². The molecule has 2 rings (SSSR count). The molecule has 0 saturated carbocycles. The number of nitrogens with zero attached hydrogens (tertiary/aromatic N) is 1. The van der Waals surface area contributed by atoms with E-state index in [1.54, 1.807) is 11.0 Å². The monoisotopic (exact) mass is 322 g/mol. The minimum atomic E-state index is -0.492. The number of carbonyl (C=O) groups is 1. The molecule has 1 saturated heterocycles. The normalized spacial score (nSPS) is 19.0. The number of benzene rings is 1. The summed E-state index contributed by atoms with van der Waals surface area (Å²) in [5.41, 5.74) is 5.81. The molecule has 0 unspecified atom stereocenters. The van der Waals surface area contributed by atoms with E-state index in [9.17, 15) is 9.18 Å². The summed E-state index contributed by atoms with van der Waals surface area (Å²) in [5.74, 6) is -0.777. The second-order valence-electron chi connectivity index (χ2n) is 3.92. The minimum Gasteiger partial charge on any atom is -0.337 e. The van der Waals surface area contributed by atoms with Crippen molar-refractivity contribution in [3.8, 4) is 0 Å². The van der Waals surface area contributed by atoms with Crippen LogP contribution in [0.5, 0.6) is 0 Å². The number of likely N-dealkylation sites (tertiary alicyclic amines) is 1. The molecule has 1 atom stereocenters. The Hall–Kier alpha value is -0.650. The first-order valence-corrected chi connectivity index (χ1v) is 5.87. The molecule has 0 spiro atoms. The summed E-state index contributed by atoms with van der Waals surface area (Å²) in [6, 6.07) is 4.37. The maximum absolute atomic E-state index is 13.5. The molecule has 1 heterocycles. The van der Waals surface area contributed by atoms with Gasteiger partial charge in [-0.25, -0.2) is 4.39 Å². The third kappa shape index (κ3) is 3.18. The minimum absolute atomic E-state index is 0. The maximum atomic E-state index is 13.5. The summed E-state index contributed by atoms with van der Waals surface area (Å²) in [4.78, 5) is 13.6. The maximum Gasteiger partial charge on any atom is 0.256 e. The van der Waals surface area contributed by atoms with E-state index in [-0.39, 0.29) is 29.9 Å². The highest BCUT2D eigenvalue weighted by Gasteiger charge is 2.26. The average molecular weight is 324 g/mol. The van der Waals surface area contributed by atoms with Gasteiger partial charge in [0.05, 0.1) is 5.56 Å². The standard InChI is InChI=1S/C11H12BrFN2O.ClH/c12-7-1-2-10(13)9(5-7)11(16)15-4-3-8(14)6-15;/h1-2,5,8H,3-4,6,14H2;1H/t8-;/m0./s1. The van der Waals surface area contributed by atoms with Gasteiger partial charge in [-0.05, 0) is 24.6 Å². The van der Waals surface area contributed by atoms with E-state index >= 15 is 0 Å². The molecule has 1 amide bonds. The van der Waals surface area contributed by atoms with Crippen LogP contribution in [0.4, 0.5) is 4.39 Å². The fourth-order valence-electron chi connectivity index (χ4n) is 1.80. The molecule has 1 aromatic rings. The topological polar surface area (TPSA) is 46.3 Å². The Morgan fingerprint density at radius 2 is 2.24 bits per heavy atom. The molecule has 1 aromatic carbocycles. The third-order valence-electron chi connectivity index (χ3n) is 2.67. The number of amides is 1. The molecule has 17 heavy (non-hydrogen) atoms. The summed E-state index contributed by atoms with van der Waals surface area (Å²) in [6.45, 7) is 1.11. The molecule has 94 valence electrons. The van der Waals surface area contributed by atoms with E-state index in [1.807, 2.05) is 0 Å². The molecule has 1 fully saturated rings. The summed E-state index contributed by atoms with van der Waals surface area (Å²) in [7, 11) is 0. The van der Waals surface area contributed by atoms with Crippen LogP contribution in [-0.4, -0.2) is 29.9 Å². The van der Waals surface area contributed by atoms with Crippen molar-refractivity contribution < 1.29 is 9.18 Å². The largest absolute Gasteiger partial charge is 0.337 e. The molecule has 0 radical (unpaired) electrons. The van der Waals surface area contributed by atoms with Crippen LogP contribution < -0.4 is 5.73 Å². The van der Waals surface area contributed by atoms with Gasteiger partial charge in [-0.3, -0.25) is 4.79 Å². The predicted octanol–water partition coefficient (Wildman–Crippen LogP) is 2.18. The molecule has 0 bridgehead atoms. The molecule has 6 heteroatoms. The average Bonchev–Trinajstić information content (AvgIpc) is 2.67. The SMILES string of the molecule is Cl.N[C@H]1CCN(C(=O)c2cc(Br)ccc2F)C1. The summed E-state index contributed by atoms with van der Waals surface area (Å²) >= 11 is 3.22. The Morgan fingerprint density at radius 3 is 2.82 bits per heavy atom. The first-order valence-electron chi connectivity index (χ1n) is 5.08. The fraction of sp³-hybridized carbons (Fsp3) is 0.364. The van der Waals surface area contributed by atoms with Crippen molar-refractivity contribution >= 4 is 34.2 Å². The van der Waals surface area contributed by atoms with Gasteiger partial charge >= 0.3 is 0 Å². The van der Waals surface area contributed by atoms with Gasteiger partial charge in [0.25, 0.3) is 5.91 Å². The quantitative estimate of drug-likeness (QED) is 0.861. The Labute approximate surface area is 114 Å². The van der Waals surface area contributed by atoms with Crippen LogP contribution in [0.15, 0.2) is 22.7 Å². The Bertz CT molecular complexity index is 430. The van der Waals surface area contributed by atoms with Crippen molar-refractivity contribution in [3.63, 3.8) is 0 Å². The highest BCUT2D eigenvalue weighted by molar-refractivity contribution is 9.10. The van der Waals surface area contributed by atoms with Gasteiger partial charge in [-0.15, -0.1) is 12.4 Å². The van der Waals surface area contributed by atoms with E-state index in [4.69, 9.17) is 5.73 Å². The lowest BCUT2D eigenvalue weighted by atomic mass is 10.2. The lowest BCUT2D eigenvalue weighted by Crippen LogP contribution is -2.32. The first-order chi connectivity index (χ1) is 7.58. The second kappa shape index (κ2) is 5.80. The van der Waals surface area contributed by atoms with Crippen LogP contribution in [0.1, 0.15) is 16.8 Å². The Morgan fingerprint density at radius 1 is 1.53 bits per heavy atom. The molecular formula is C11H13BrClFN2O. The van der Waals surface area contributed by atoms with Crippen LogP contribution >= 0.6 is 28.3 Å². The molecular weight excluding hydrogens is 310 g/mol. The zero-order valence-corrected chi connectivity index (χ0v) is 11.4.